The largest absolute Gasteiger partial charge is 0.477 e. The van der Waals surface area contributed by atoms with E-state index in [-0.39, 0.29) is 10.9 Å². The summed E-state index contributed by atoms with van der Waals surface area (Å²) in [6.07, 6.45) is -1.91. The first-order valence-electron chi connectivity index (χ1n) is 6.79. The third kappa shape index (κ3) is 2.26. The Morgan fingerprint density at radius 2 is 1.95 bits per heavy atom. The lowest BCUT2D eigenvalue weighted by atomic mass is 9.79. The molecule has 3 rings (SSSR count). The van der Waals surface area contributed by atoms with Gasteiger partial charge in [0.05, 0.1) is 5.56 Å². The molecule has 2 aromatic rings. The van der Waals surface area contributed by atoms with Crippen molar-refractivity contribution in [3.63, 3.8) is 0 Å². The number of aromatic amines is 1. The molecule has 4 nitrogen and oxygen atoms in total. The van der Waals surface area contributed by atoms with Crippen molar-refractivity contribution in [2.45, 2.75) is 31.4 Å². The number of carboxylic acids is 1. The van der Waals surface area contributed by atoms with Crippen LogP contribution in [0.25, 0.3) is 10.9 Å². The first-order valence-corrected chi connectivity index (χ1v) is 6.79. The van der Waals surface area contributed by atoms with Gasteiger partial charge in [-0.05, 0) is 30.4 Å². The molecule has 1 fully saturated rings. The molecule has 116 valence electrons. The lowest BCUT2D eigenvalue weighted by Gasteiger charge is -2.26. The number of aromatic carboxylic acids is 1. The predicted octanol–water partition coefficient (Wildman–Crippen LogP) is 3.51. The number of fused-ring (bicyclic) bond motifs is 1. The summed E-state index contributed by atoms with van der Waals surface area (Å²) in [5.41, 5.74) is -3.01. The zero-order valence-corrected chi connectivity index (χ0v) is 11.3. The molecule has 0 radical (unpaired) electrons. The zero-order chi connectivity index (χ0) is 16.1. The van der Waals surface area contributed by atoms with Gasteiger partial charge in [-0.1, -0.05) is 18.6 Å². The molecule has 0 saturated heterocycles. The molecular formula is C15H12F3NO3. The zero-order valence-electron chi connectivity index (χ0n) is 11.3. The van der Waals surface area contributed by atoms with Crippen LogP contribution in [0, 0.1) is 0 Å². The van der Waals surface area contributed by atoms with Crippen LogP contribution in [-0.2, 0) is 6.18 Å². The lowest BCUT2D eigenvalue weighted by Crippen LogP contribution is -2.25. The number of hydrogen-bond donors (Lipinski definition) is 2. The average molecular weight is 311 g/mol. The van der Waals surface area contributed by atoms with Gasteiger partial charge in [0.25, 0.3) is 5.56 Å². The van der Waals surface area contributed by atoms with E-state index in [2.05, 4.69) is 4.98 Å². The van der Waals surface area contributed by atoms with Gasteiger partial charge >= 0.3 is 12.1 Å². The number of hydrogen-bond acceptors (Lipinski definition) is 2. The van der Waals surface area contributed by atoms with Gasteiger partial charge in [-0.25, -0.2) is 4.79 Å². The van der Waals surface area contributed by atoms with Crippen LogP contribution in [0.4, 0.5) is 13.2 Å². The number of alkyl halides is 3. The maximum Gasteiger partial charge on any atom is 0.418 e. The maximum atomic E-state index is 13.2. The number of aromatic nitrogens is 1. The number of halogens is 3. The molecule has 1 saturated carbocycles. The number of carbonyl (C=O) groups is 1. The second-order valence-electron chi connectivity index (χ2n) is 5.44. The minimum absolute atomic E-state index is 0.0201. The van der Waals surface area contributed by atoms with Crippen molar-refractivity contribution >= 4 is 16.9 Å². The van der Waals surface area contributed by atoms with Crippen molar-refractivity contribution in [3.8, 4) is 0 Å². The van der Waals surface area contributed by atoms with E-state index in [1.54, 1.807) is 6.07 Å². The fourth-order valence-corrected chi connectivity index (χ4v) is 2.81. The minimum Gasteiger partial charge on any atom is -0.477 e. The summed E-state index contributed by atoms with van der Waals surface area (Å²) in [4.78, 5) is 25.1. The van der Waals surface area contributed by atoms with E-state index in [4.69, 9.17) is 5.11 Å². The van der Waals surface area contributed by atoms with Crippen molar-refractivity contribution in [3.05, 3.63) is 45.2 Å². The summed E-state index contributed by atoms with van der Waals surface area (Å²) in [5, 5.41) is 8.64. The van der Waals surface area contributed by atoms with Gasteiger partial charge in [0.1, 0.15) is 5.56 Å². The molecule has 7 heteroatoms. The van der Waals surface area contributed by atoms with Crippen LogP contribution in [0.2, 0.25) is 0 Å². The highest BCUT2D eigenvalue weighted by Gasteiger charge is 2.39. The Labute approximate surface area is 122 Å². The lowest BCUT2D eigenvalue weighted by molar-refractivity contribution is -0.136. The fourth-order valence-electron chi connectivity index (χ4n) is 2.81. The Morgan fingerprint density at radius 3 is 2.45 bits per heavy atom. The highest BCUT2D eigenvalue weighted by atomic mass is 19.4. The molecule has 1 aliphatic rings. The van der Waals surface area contributed by atoms with Crippen molar-refractivity contribution in [1.29, 1.82) is 0 Å². The topological polar surface area (TPSA) is 70.2 Å². The Morgan fingerprint density at radius 1 is 1.27 bits per heavy atom. The molecule has 1 aliphatic carbocycles. The van der Waals surface area contributed by atoms with Gasteiger partial charge < -0.3 is 10.1 Å². The quantitative estimate of drug-likeness (QED) is 0.891. The first kappa shape index (κ1) is 14.6. The third-order valence-corrected chi connectivity index (χ3v) is 4.11. The summed E-state index contributed by atoms with van der Waals surface area (Å²) in [6, 6.07) is 4.33. The first-order chi connectivity index (χ1) is 10.3. The van der Waals surface area contributed by atoms with Gasteiger partial charge in [-0.3, -0.25) is 4.79 Å². The van der Waals surface area contributed by atoms with Gasteiger partial charge in [0, 0.05) is 10.9 Å². The molecule has 1 heterocycles. The smallest absolute Gasteiger partial charge is 0.418 e. The van der Waals surface area contributed by atoms with E-state index in [9.17, 15) is 22.8 Å². The second-order valence-corrected chi connectivity index (χ2v) is 5.44. The summed E-state index contributed by atoms with van der Waals surface area (Å²) in [5.74, 6) is -1.60. The molecule has 22 heavy (non-hydrogen) atoms. The third-order valence-electron chi connectivity index (χ3n) is 4.11. The Balaban J connectivity index is 2.32. The molecule has 1 aromatic heterocycles. The molecule has 2 N–H and O–H groups in total. The van der Waals surface area contributed by atoms with E-state index in [1.165, 1.54) is 12.1 Å². The Bertz CT molecular complexity index is 819. The van der Waals surface area contributed by atoms with E-state index < -0.39 is 28.8 Å². The van der Waals surface area contributed by atoms with Crippen LogP contribution in [0.5, 0.6) is 0 Å². The molecule has 0 spiro atoms. The van der Waals surface area contributed by atoms with Crippen molar-refractivity contribution in [1.82, 2.24) is 4.98 Å². The van der Waals surface area contributed by atoms with E-state index in [0.29, 0.717) is 5.92 Å². The maximum absolute atomic E-state index is 13.2. The van der Waals surface area contributed by atoms with Crippen LogP contribution in [0.3, 0.4) is 0 Å². The van der Waals surface area contributed by atoms with Crippen molar-refractivity contribution in [2.24, 2.45) is 0 Å². The fraction of sp³-hybridized carbons (Fsp3) is 0.333. The molecule has 0 atom stereocenters. The highest BCUT2D eigenvalue weighted by molar-refractivity contribution is 5.96. The highest BCUT2D eigenvalue weighted by Crippen LogP contribution is 2.39. The number of nitrogens with one attached hydrogen (secondary N) is 1. The summed E-state index contributed by atoms with van der Waals surface area (Å²) < 4.78 is 39.7. The average Bonchev–Trinajstić information content (AvgIpc) is 2.33. The van der Waals surface area contributed by atoms with Gasteiger partial charge in [0.15, 0.2) is 0 Å². The summed E-state index contributed by atoms with van der Waals surface area (Å²) in [6.45, 7) is 0. The Hall–Kier alpha value is -2.31. The van der Waals surface area contributed by atoms with Crippen molar-refractivity contribution < 1.29 is 23.1 Å². The number of pyridine rings is 1. The molecular weight excluding hydrogens is 299 g/mol. The van der Waals surface area contributed by atoms with Gasteiger partial charge in [-0.2, -0.15) is 13.2 Å². The van der Waals surface area contributed by atoms with Crippen molar-refractivity contribution in [2.75, 3.05) is 0 Å². The standard InChI is InChI=1S/C15H12F3NO3/c16-15(17,18)12-9-5-4-8(7-2-1-3-7)6-10(9)19-13(20)11(12)14(21)22/h4-7H,1-3H2,(H,19,20)(H,21,22). The number of rotatable bonds is 2. The molecule has 0 unspecified atom stereocenters. The molecule has 0 bridgehead atoms. The molecule has 1 aromatic carbocycles. The van der Waals surface area contributed by atoms with E-state index in [1.807, 2.05) is 0 Å². The predicted molar refractivity (Wildman–Crippen MR) is 73.1 cm³/mol. The summed E-state index contributed by atoms with van der Waals surface area (Å²) >= 11 is 0. The van der Waals surface area contributed by atoms with E-state index >= 15 is 0 Å². The van der Waals surface area contributed by atoms with E-state index in [0.717, 1.165) is 24.8 Å². The van der Waals surface area contributed by atoms with Crippen LogP contribution in [-0.4, -0.2) is 16.1 Å². The van der Waals surface area contributed by atoms with Crippen LogP contribution < -0.4 is 5.56 Å². The number of carboxylic acid groups (broad SMARTS) is 1. The Kier molecular flexibility index (Phi) is 3.23. The number of H-pyrrole nitrogens is 1. The van der Waals surface area contributed by atoms with Gasteiger partial charge in [0.2, 0.25) is 0 Å². The molecule has 0 amide bonds. The van der Waals surface area contributed by atoms with Crippen LogP contribution >= 0.6 is 0 Å². The van der Waals surface area contributed by atoms with Crippen LogP contribution in [0.15, 0.2) is 23.0 Å². The monoisotopic (exact) mass is 311 g/mol. The second kappa shape index (κ2) is 4.86. The SMILES string of the molecule is O=C(O)c1c(C(F)(F)F)c2ccc(C3CCC3)cc2[nH]c1=O. The van der Waals surface area contributed by atoms with Gasteiger partial charge in [-0.15, -0.1) is 0 Å². The minimum atomic E-state index is -4.92. The van der Waals surface area contributed by atoms with Crippen LogP contribution in [0.1, 0.15) is 46.7 Å². The summed E-state index contributed by atoms with van der Waals surface area (Å²) in [7, 11) is 0. The number of benzene rings is 1. The molecule has 0 aliphatic heterocycles. The normalized spacial score (nSPS) is 15.8.